The second kappa shape index (κ2) is 10.2. The van der Waals surface area contributed by atoms with Gasteiger partial charge in [0.2, 0.25) is 0 Å². The molecule has 0 aromatic carbocycles. The summed E-state index contributed by atoms with van der Waals surface area (Å²) in [5, 5.41) is 16.8. The van der Waals surface area contributed by atoms with E-state index in [0.717, 1.165) is 36.9 Å². The molecular weight excluding hydrogens is 302 g/mol. The maximum absolute atomic E-state index is 10.0. The summed E-state index contributed by atoms with van der Waals surface area (Å²) >= 11 is 0. The molecule has 1 unspecified atom stereocenters. The Hall–Kier alpha value is -0.810. The van der Waals surface area contributed by atoms with Gasteiger partial charge in [0.25, 0.3) is 0 Å². The summed E-state index contributed by atoms with van der Waals surface area (Å²) in [5.74, 6) is 3.22. The molecule has 0 amide bonds. The van der Waals surface area contributed by atoms with Crippen LogP contribution in [0.25, 0.3) is 0 Å². The van der Waals surface area contributed by atoms with Crippen LogP contribution in [0, 0.1) is 17.8 Å². The van der Waals surface area contributed by atoms with E-state index < -0.39 is 6.10 Å². The number of ether oxygens (including phenoxy) is 1. The van der Waals surface area contributed by atoms with Gasteiger partial charge in [-0.25, -0.2) is 0 Å². The zero-order valence-electron chi connectivity index (χ0n) is 15.8. The Labute approximate surface area is 147 Å². The van der Waals surface area contributed by atoms with Gasteiger partial charge in [-0.1, -0.05) is 13.8 Å². The highest BCUT2D eigenvalue weighted by Gasteiger charge is 2.24. The highest BCUT2D eigenvalue weighted by atomic mass is 16.5. The minimum Gasteiger partial charge on any atom is -0.389 e. The van der Waals surface area contributed by atoms with Crippen LogP contribution >= 0.6 is 0 Å². The molecule has 5 nitrogen and oxygen atoms in total. The molecule has 0 saturated heterocycles. The van der Waals surface area contributed by atoms with Crippen LogP contribution in [-0.2, 0) is 4.74 Å². The van der Waals surface area contributed by atoms with Crippen LogP contribution < -0.4 is 10.6 Å². The Morgan fingerprint density at radius 3 is 2.46 bits per heavy atom. The van der Waals surface area contributed by atoms with Crippen LogP contribution in [0.5, 0.6) is 0 Å². The van der Waals surface area contributed by atoms with Crippen molar-refractivity contribution < 1.29 is 9.84 Å². The largest absolute Gasteiger partial charge is 0.389 e. The predicted molar refractivity (Wildman–Crippen MR) is 99.2 cm³/mol. The molecule has 0 radical (unpaired) electrons. The van der Waals surface area contributed by atoms with Gasteiger partial charge in [-0.05, 0) is 63.2 Å². The molecular formula is C19H37N3O2. The van der Waals surface area contributed by atoms with Crippen LogP contribution in [0.2, 0.25) is 0 Å². The molecule has 0 aromatic rings. The highest BCUT2D eigenvalue weighted by Crippen LogP contribution is 2.30. The number of rotatable bonds is 9. The lowest BCUT2D eigenvalue weighted by Crippen LogP contribution is -2.45. The first kappa shape index (κ1) is 19.5. The van der Waals surface area contributed by atoms with E-state index in [-0.39, 0.29) is 0 Å². The van der Waals surface area contributed by atoms with Crippen LogP contribution in [-0.4, -0.2) is 49.5 Å². The Morgan fingerprint density at radius 2 is 1.88 bits per heavy atom. The van der Waals surface area contributed by atoms with Crippen molar-refractivity contribution in [3.05, 3.63) is 0 Å². The molecule has 2 aliphatic carbocycles. The van der Waals surface area contributed by atoms with Gasteiger partial charge in [-0.2, -0.15) is 0 Å². The average molecular weight is 340 g/mol. The highest BCUT2D eigenvalue weighted by molar-refractivity contribution is 5.80. The Balaban J connectivity index is 1.69. The van der Waals surface area contributed by atoms with Gasteiger partial charge in [0.15, 0.2) is 5.96 Å². The molecule has 0 heterocycles. The minimum atomic E-state index is -0.518. The molecule has 24 heavy (non-hydrogen) atoms. The van der Waals surface area contributed by atoms with Crippen molar-refractivity contribution in [3.8, 4) is 0 Å². The van der Waals surface area contributed by atoms with Crippen LogP contribution in [0.3, 0.4) is 0 Å². The van der Waals surface area contributed by atoms with Crippen LogP contribution in [0.1, 0.15) is 59.3 Å². The fraction of sp³-hybridized carbons (Fsp3) is 0.947. The molecule has 1 atom stereocenters. The Kier molecular flexibility index (Phi) is 8.33. The quantitative estimate of drug-likeness (QED) is 0.446. The molecule has 0 aliphatic heterocycles. The summed E-state index contributed by atoms with van der Waals surface area (Å²) in [5.41, 5.74) is 0. The molecule has 0 bridgehead atoms. The first-order valence-electron chi connectivity index (χ1n) is 9.89. The second-order valence-electron chi connectivity index (χ2n) is 7.85. The van der Waals surface area contributed by atoms with Crippen LogP contribution in [0.15, 0.2) is 4.99 Å². The lowest BCUT2D eigenvalue weighted by atomic mass is 9.80. The molecule has 0 spiro atoms. The number of aliphatic imine (C=N–C) groups is 1. The van der Waals surface area contributed by atoms with Gasteiger partial charge in [0.1, 0.15) is 0 Å². The van der Waals surface area contributed by atoms with E-state index in [1.54, 1.807) is 0 Å². The number of hydrogen-bond donors (Lipinski definition) is 3. The van der Waals surface area contributed by atoms with E-state index in [1.807, 2.05) is 0 Å². The summed E-state index contributed by atoms with van der Waals surface area (Å²) in [7, 11) is 0. The number of hydrogen-bond acceptors (Lipinski definition) is 3. The number of guanidine groups is 1. The summed E-state index contributed by atoms with van der Waals surface area (Å²) in [6.07, 6.45) is 7.05. The van der Waals surface area contributed by atoms with Crippen molar-refractivity contribution in [2.24, 2.45) is 22.7 Å². The van der Waals surface area contributed by atoms with E-state index >= 15 is 0 Å². The van der Waals surface area contributed by atoms with Gasteiger partial charge in [0.05, 0.1) is 19.3 Å². The van der Waals surface area contributed by atoms with Crippen molar-refractivity contribution in [1.29, 1.82) is 0 Å². The normalized spacial score (nSPS) is 26.5. The first-order valence-corrected chi connectivity index (χ1v) is 9.89. The smallest absolute Gasteiger partial charge is 0.191 e. The predicted octanol–water partition coefficient (Wildman–Crippen LogP) is 2.54. The number of aliphatic hydroxyl groups excluding tert-OH is 1. The van der Waals surface area contributed by atoms with Gasteiger partial charge in [0, 0.05) is 19.2 Å². The van der Waals surface area contributed by atoms with E-state index in [4.69, 9.17) is 4.74 Å². The summed E-state index contributed by atoms with van der Waals surface area (Å²) in [6, 6.07) is 0.501. The van der Waals surface area contributed by atoms with E-state index in [9.17, 15) is 5.11 Å². The summed E-state index contributed by atoms with van der Waals surface area (Å²) in [6.45, 7) is 9.13. The summed E-state index contributed by atoms with van der Waals surface area (Å²) < 4.78 is 5.54. The van der Waals surface area contributed by atoms with Gasteiger partial charge >= 0.3 is 0 Å². The molecule has 2 saturated carbocycles. The minimum absolute atomic E-state index is 0.388. The molecule has 140 valence electrons. The third kappa shape index (κ3) is 7.39. The van der Waals surface area contributed by atoms with Gasteiger partial charge < -0.3 is 20.5 Å². The standard InChI is InChI=1S/C19H37N3O2/c1-4-20-19(21-11-18(23)13-24-12-15-5-6-15)22-17-9-7-16(8-10-17)14(2)3/h14-18,23H,4-13H2,1-3H3,(H2,20,21,22). The van der Waals surface area contributed by atoms with Crippen molar-refractivity contribution in [1.82, 2.24) is 10.6 Å². The van der Waals surface area contributed by atoms with Crippen LogP contribution in [0.4, 0.5) is 0 Å². The lowest BCUT2D eigenvalue weighted by molar-refractivity contribution is 0.0368. The van der Waals surface area contributed by atoms with Crippen molar-refractivity contribution in [2.75, 3.05) is 26.3 Å². The zero-order valence-corrected chi connectivity index (χ0v) is 15.8. The zero-order chi connectivity index (χ0) is 17.4. The van der Waals surface area contributed by atoms with Gasteiger partial charge in [-0.15, -0.1) is 0 Å². The van der Waals surface area contributed by atoms with Crippen molar-refractivity contribution >= 4 is 5.96 Å². The third-order valence-corrected chi connectivity index (χ3v) is 5.22. The molecule has 5 heteroatoms. The van der Waals surface area contributed by atoms with E-state index in [0.29, 0.717) is 19.2 Å². The van der Waals surface area contributed by atoms with Crippen molar-refractivity contribution in [2.45, 2.75) is 71.4 Å². The monoisotopic (exact) mass is 339 g/mol. The topological polar surface area (TPSA) is 65.9 Å². The molecule has 0 aromatic heterocycles. The fourth-order valence-corrected chi connectivity index (χ4v) is 3.35. The maximum atomic E-state index is 10.0. The van der Waals surface area contributed by atoms with Gasteiger partial charge in [-0.3, -0.25) is 4.99 Å². The lowest BCUT2D eigenvalue weighted by Gasteiger charge is -2.32. The Morgan fingerprint density at radius 1 is 1.17 bits per heavy atom. The molecule has 2 aliphatic rings. The third-order valence-electron chi connectivity index (χ3n) is 5.22. The number of aliphatic hydroxyl groups is 1. The molecule has 2 fully saturated rings. The number of nitrogens with one attached hydrogen (secondary N) is 2. The fourth-order valence-electron chi connectivity index (χ4n) is 3.35. The second-order valence-corrected chi connectivity index (χ2v) is 7.85. The SMILES string of the molecule is CCNC(=NCC(O)COCC1CC1)NC1CCC(C(C)C)CC1. The summed E-state index contributed by atoms with van der Waals surface area (Å²) in [4.78, 5) is 4.54. The first-order chi connectivity index (χ1) is 11.6. The maximum Gasteiger partial charge on any atom is 0.191 e. The Bertz CT molecular complexity index is 375. The van der Waals surface area contributed by atoms with Crippen molar-refractivity contribution in [3.63, 3.8) is 0 Å². The average Bonchev–Trinajstić information content (AvgIpc) is 3.37. The molecule has 2 rings (SSSR count). The van der Waals surface area contributed by atoms with E-state index in [2.05, 4.69) is 36.4 Å². The van der Waals surface area contributed by atoms with E-state index in [1.165, 1.54) is 38.5 Å². The molecule has 3 N–H and O–H groups in total. The number of nitrogens with zero attached hydrogens (tertiary/aromatic N) is 1.